The molecular formula is C9H8O4. The lowest BCUT2D eigenvalue weighted by molar-refractivity contribution is -0.144. The molecule has 0 aliphatic heterocycles. The molecule has 0 aromatic heterocycles. The third-order valence-electron chi connectivity index (χ3n) is 1.89. The van der Waals surface area contributed by atoms with E-state index in [2.05, 4.69) is 0 Å². The van der Waals surface area contributed by atoms with Crippen LogP contribution in [0.15, 0.2) is 11.6 Å². The molecule has 0 amide bonds. The van der Waals surface area contributed by atoms with E-state index < -0.39 is 29.1 Å². The second-order valence-electron chi connectivity index (χ2n) is 2.97. The van der Waals surface area contributed by atoms with E-state index in [1.54, 1.807) is 0 Å². The summed E-state index contributed by atoms with van der Waals surface area (Å²) < 4.78 is 0. The Morgan fingerprint density at radius 2 is 1.85 bits per heavy atom. The molecule has 1 rings (SSSR count). The van der Waals surface area contributed by atoms with E-state index in [-0.39, 0.29) is 5.57 Å². The lowest BCUT2D eigenvalue weighted by Crippen LogP contribution is -2.38. The van der Waals surface area contributed by atoms with Crippen molar-refractivity contribution < 1.29 is 19.2 Å². The molecule has 0 bridgehead atoms. The van der Waals surface area contributed by atoms with Crippen molar-refractivity contribution in [1.29, 1.82) is 0 Å². The van der Waals surface area contributed by atoms with Gasteiger partial charge in [-0.1, -0.05) is 0 Å². The van der Waals surface area contributed by atoms with Crippen LogP contribution in [-0.2, 0) is 19.2 Å². The zero-order valence-electron chi connectivity index (χ0n) is 7.29. The van der Waals surface area contributed by atoms with Gasteiger partial charge in [0.05, 0.1) is 0 Å². The van der Waals surface area contributed by atoms with Gasteiger partial charge in [-0.15, -0.1) is 0 Å². The van der Waals surface area contributed by atoms with Crippen molar-refractivity contribution >= 4 is 23.1 Å². The zero-order valence-corrected chi connectivity index (χ0v) is 7.29. The predicted octanol–water partition coefficient (Wildman–Crippen LogP) is -0.141. The second-order valence-corrected chi connectivity index (χ2v) is 2.97. The number of ketones is 4. The quantitative estimate of drug-likeness (QED) is 0.416. The first-order valence-electron chi connectivity index (χ1n) is 3.76. The smallest absolute Gasteiger partial charge is 0.225 e. The average molecular weight is 180 g/mol. The highest BCUT2D eigenvalue weighted by atomic mass is 16.2. The molecule has 68 valence electrons. The Bertz CT molecular complexity index is 349. The molecule has 0 aromatic carbocycles. The number of hydrogen-bond acceptors (Lipinski definition) is 4. The summed E-state index contributed by atoms with van der Waals surface area (Å²) in [5.74, 6) is -4.20. The topological polar surface area (TPSA) is 68.3 Å². The highest BCUT2D eigenvalue weighted by Crippen LogP contribution is 2.14. The fourth-order valence-electron chi connectivity index (χ4n) is 1.20. The van der Waals surface area contributed by atoms with Crippen LogP contribution in [0, 0.1) is 5.92 Å². The van der Waals surface area contributed by atoms with E-state index in [1.165, 1.54) is 6.92 Å². The fraction of sp³-hybridized carbons (Fsp3) is 0.333. The minimum Gasteiger partial charge on any atom is -0.299 e. The van der Waals surface area contributed by atoms with Crippen LogP contribution >= 0.6 is 0 Å². The number of hydrogen-bond donors (Lipinski definition) is 0. The maximum absolute atomic E-state index is 11.2. The Morgan fingerprint density at radius 3 is 2.31 bits per heavy atom. The van der Waals surface area contributed by atoms with Gasteiger partial charge in [0.15, 0.2) is 5.78 Å². The van der Waals surface area contributed by atoms with Crippen LogP contribution in [0.5, 0.6) is 0 Å². The highest BCUT2D eigenvalue weighted by molar-refractivity contribution is 6.53. The highest BCUT2D eigenvalue weighted by Gasteiger charge is 2.38. The molecule has 4 nitrogen and oxygen atoms in total. The van der Waals surface area contributed by atoms with Gasteiger partial charge in [-0.25, -0.2) is 0 Å². The van der Waals surface area contributed by atoms with Crippen molar-refractivity contribution in [1.82, 2.24) is 0 Å². The molecule has 1 aliphatic rings. The van der Waals surface area contributed by atoms with Crippen LogP contribution < -0.4 is 0 Å². The molecule has 0 heterocycles. The minimum absolute atomic E-state index is 0.104. The van der Waals surface area contributed by atoms with Gasteiger partial charge in [0.1, 0.15) is 11.7 Å². The third kappa shape index (κ3) is 1.47. The van der Waals surface area contributed by atoms with Crippen LogP contribution in [0.1, 0.15) is 13.8 Å². The Morgan fingerprint density at radius 1 is 1.31 bits per heavy atom. The Labute approximate surface area is 74.6 Å². The average Bonchev–Trinajstić information content (AvgIpc) is 1.99. The van der Waals surface area contributed by atoms with Crippen molar-refractivity contribution in [3.8, 4) is 0 Å². The Hall–Kier alpha value is -1.58. The fourth-order valence-corrected chi connectivity index (χ4v) is 1.20. The molecule has 13 heavy (non-hydrogen) atoms. The summed E-state index contributed by atoms with van der Waals surface area (Å²) in [6.45, 7) is 2.51. The van der Waals surface area contributed by atoms with E-state index >= 15 is 0 Å². The number of rotatable bonds is 1. The van der Waals surface area contributed by atoms with Gasteiger partial charge in [-0.2, -0.15) is 0 Å². The molecule has 0 aromatic rings. The summed E-state index contributed by atoms with van der Waals surface area (Å²) >= 11 is 0. The standard InChI is InChI=1S/C9H8O4/c1-4-3-6(11)7(5(2)10)9(13)8(4)12/h3,7H,1-2H3. The molecule has 1 unspecified atom stereocenters. The van der Waals surface area contributed by atoms with Gasteiger partial charge in [0.25, 0.3) is 0 Å². The summed E-state index contributed by atoms with van der Waals surface area (Å²) in [4.78, 5) is 44.2. The Kier molecular flexibility index (Phi) is 2.23. The minimum atomic E-state index is -1.39. The molecular weight excluding hydrogens is 172 g/mol. The largest absolute Gasteiger partial charge is 0.299 e. The number of Topliss-reactive ketones (excluding diaryl/α,β-unsaturated/α-hetero) is 3. The van der Waals surface area contributed by atoms with Gasteiger partial charge in [0, 0.05) is 5.57 Å². The van der Waals surface area contributed by atoms with Gasteiger partial charge in [0.2, 0.25) is 11.6 Å². The SMILES string of the molecule is CC(=O)C1C(=O)C=C(C)C(=O)C1=O. The van der Waals surface area contributed by atoms with Gasteiger partial charge < -0.3 is 0 Å². The summed E-state index contributed by atoms with van der Waals surface area (Å²) in [7, 11) is 0. The molecule has 0 fully saturated rings. The molecule has 4 heteroatoms. The molecule has 1 aliphatic carbocycles. The predicted molar refractivity (Wildman–Crippen MR) is 42.9 cm³/mol. The first-order chi connectivity index (χ1) is 5.95. The van der Waals surface area contributed by atoms with Crippen LogP contribution in [0.2, 0.25) is 0 Å². The van der Waals surface area contributed by atoms with E-state index in [1.807, 2.05) is 0 Å². The van der Waals surface area contributed by atoms with Crippen molar-refractivity contribution in [2.75, 3.05) is 0 Å². The van der Waals surface area contributed by atoms with E-state index in [0.717, 1.165) is 13.0 Å². The van der Waals surface area contributed by atoms with E-state index in [9.17, 15) is 19.2 Å². The number of carbonyl (C=O) groups is 4. The molecule has 0 saturated carbocycles. The monoisotopic (exact) mass is 180 g/mol. The van der Waals surface area contributed by atoms with Gasteiger partial charge >= 0.3 is 0 Å². The van der Waals surface area contributed by atoms with Crippen LogP contribution in [0.3, 0.4) is 0 Å². The zero-order chi connectivity index (χ0) is 10.2. The van der Waals surface area contributed by atoms with Crippen LogP contribution in [0.25, 0.3) is 0 Å². The summed E-state index contributed by atoms with van der Waals surface area (Å²) in [5.41, 5.74) is 0.104. The number of carbonyl (C=O) groups excluding carboxylic acids is 4. The van der Waals surface area contributed by atoms with Crippen LogP contribution in [0.4, 0.5) is 0 Å². The maximum Gasteiger partial charge on any atom is 0.225 e. The number of allylic oxidation sites excluding steroid dienone is 2. The molecule has 0 radical (unpaired) electrons. The molecule has 0 spiro atoms. The van der Waals surface area contributed by atoms with Gasteiger partial charge in [-0.05, 0) is 19.9 Å². The summed E-state index contributed by atoms with van der Waals surface area (Å²) in [6, 6.07) is 0. The molecule has 0 saturated heterocycles. The van der Waals surface area contributed by atoms with Crippen molar-refractivity contribution in [3.63, 3.8) is 0 Å². The van der Waals surface area contributed by atoms with Crippen LogP contribution in [-0.4, -0.2) is 23.1 Å². The third-order valence-corrected chi connectivity index (χ3v) is 1.89. The van der Waals surface area contributed by atoms with Crippen molar-refractivity contribution in [2.45, 2.75) is 13.8 Å². The maximum atomic E-state index is 11.2. The normalized spacial score (nSPS) is 23.1. The first kappa shape index (κ1) is 9.51. The van der Waals surface area contributed by atoms with Crippen molar-refractivity contribution in [3.05, 3.63) is 11.6 Å². The van der Waals surface area contributed by atoms with E-state index in [0.29, 0.717) is 0 Å². The lowest BCUT2D eigenvalue weighted by atomic mass is 9.84. The van der Waals surface area contributed by atoms with Gasteiger partial charge in [-0.3, -0.25) is 19.2 Å². The first-order valence-corrected chi connectivity index (χ1v) is 3.76. The molecule has 1 atom stereocenters. The second kappa shape index (κ2) is 3.05. The van der Waals surface area contributed by atoms with E-state index in [4.69, 9.17) is 0 Å². The molecule has 0 N–H and O–H groups in total. The Balaban J connectivity index is 3.18. The summed E-state index contributed by atoms with van der Waals surface area (Å²) in [5, 5.41) is 0. The van der Waals surface area contributed by atoms with Crippen molar-refractivity contribution in [2.24, 2.45) is 5.92 Å². The lowest BCUT2D eigenvalue weighted by Gasteiger charge is -2.13. The summed E-state index contributed by atoms with van der Waals surface area (Å²) in [6.07, 6.45) is 1.05.